The molecule has 1 aromatic carbocycles. The zero-order valence-electron chi connectivity index (χ0n) is 11.8. The van der Waals surface area contributed by atoms with Gasteiger partial charge in [0.1, 0.15) is 5.82 Å². The molecule has 3 heteroatoms. The lowest BCUT2D eigenvalue weighted by Gasteiger charge is -2.20. The first-order valence-corrected chi connectivity index (χ1v) is 6.02. The fourth-order valence-electron chi connectivity index (χ4n) is 2.09. The molecule has 19 heavy (non-hydrogen) atoms. The number of carbonyl (C=O) groups is 1. The number of hydrogen-bond acceptors (Lipinski definition) is 2. The summed E-state index contributed by atoms with van der Waals surface area (Å²) in [5, 5.41) is 0. The zero-order chi connectivity index (χ0) is 14.7. The monoisotopic (exact) mass is 262 g/mol. The van der Waals surface area contributed by atoms with E-state index in [9.17, 15) is 9.18 Å². The average Bonchev–Trinajstić information content (AvgIpc) is 2.35. The lowest BCUT2D eigenvalue weighted by Crippen LogP contribution is -2.14. The van der Waals surface area contributed by atoms with E-state index in [1.54, 1.807) is 20.8 Å². The van der Waals surface area contributed by atoms with Gasteiger partial charge >= 0.3 is 5.97 Å². The molecular formula is C16H19FO2. The molecule has 2 nitrogen and oxygen atoms in total. The fourth-order valence-corrected chi connectivity index (χ4v) is 2.09. The number of rotatable bonds is 4. The topological polar surface area (TPSA) is 26.3 Å². The molecule has 0 heterocycles. The van der Waals surface area contributed by atoms with Gasteiger partial charge in [0.25, 0.3) is 0 Å². The molecule has 102 valence electrons. The van der Waals surface area contributed by atoms with Gasteiger partial charge in [-0.15, -0.1) is 0 Å². The summed E-state index contributed by atoms with van der Waals surface area (Å²) >= 11 is 0. The smallest absolute Gasteiger partial charge is 0.312 e. The summed E-state index contributed by atoms with van der Waals surface area (Å²) in [6.45, 7) is 13.0. The van der Waals surface area contributed by atoms with Crippen molar-refractivity contribution in [2.24, 2.45) is 0 Å². The lowest BCUT2D eigenvalue weighted by atomic mass is 9.86. The van der Waals surface area contributed by atoms with Crippen LogP contribution in [0, 0.1) is 5.82 Å². The molecule has 0 bridgehead atoms. The van der Waals surface area contributed by atoms with E-state index in [1.165, 1.54) is 19.2 Å². The molecule has 0 saturated heterocycles. The lowest BCUT2D eigenvalue weighted by molar-refractivity contribution is -0.142. The highest BCUT2D eigenvalue weighted by molar-refractivity contribution is 5.84. The first-order chi connectivity index (χ1) is 8.79. The number of hydrogen-bond donors (Lipinski definition) is 0. The van der Waals surface area contributed by atoms with Gasteiger partial charge in [0, 0.05) is 0 Å². The maximum Gasteiger partial charge on any atom is 0.312 e. The van der Waals surface area contributed by atoms with Crippen molar-refractivity contribution < 1.29 is 13.9 Å². The van der Waals surface area contributed by atoms with E-state index in [0.29, 0.717) is 27.8 Å². The molecule has 0 aromatic heterocycles. The van der Waals surface area contributed by atoms with Crippen LogP contribution in [0.25, 0.3) is 11.1 Å². The number of benzene rings is 1. The molecule has 0 aliphatic rings. The highest BCUT2D eigenvalue weighted by Gasteiger charge is 2.23. The SMILES string of the molecule is C=C(C)c1cc(F)cc(C(=C)C)c1C(C)C(=O)OC. The van der Waals surface area contributed by atoms with Crippen LogP contribution >= 0.6 is 0 Å². The summed E-state index contributed by atoms with van der Waals surface area (Å²) in [5.74, 6) is -1.22. The van der Waals surface area contributed by atoms with Gasteiger partial charge < -0.3 is 4.74 Å². The summed E-state index contributed by atoms with van der Waals surface area (Å²) in [4.78, 5) is 11.8. The minimum Gasteiger partial charge on any atom is -0.469 e. The first-order valence-electron chi connectivity index (χ1n) is 6.02. The highest BCUT2D eigenvalue weighted by Crippen LogP contribution is 2.33. The summed E-state index contributed by atoms with van der Waals surface area (Å²) in [5.41, 5.74) is 3.39. The third-order valence-electron chi connectivity index (χ3n) is 3.05. The molecule has 0 aliphatic heterocycles. The van der Waals surface area contributed by atoms with Crippen LogP contribution in [0.3, 0.4) is 0 Å². The van der Waals surface area contributed by atoms with E-state index in [2.05, 4.69) is 13.2 Å². The Balaban J connectivity index is 3.61. The van der Waals surface area contributed by atoms with Crippen LogP contribution in [0.15, 0.2) is 25.3 Å². The molecule has 0 amide bonds. The number of esters is 1. The largest absolute Gasteiger partial charge is 0.469 e. The minimum absolute atomic E-state index is 0.364. The Labute approximate surface area is 113 Å². The highest BCUT2D eigenvalue weighted by atomic mass is 19.1. The molecule has 1 atom stereocenters. The number of halogens is 1. The standard InChI is InChI=1S/C16H19FO2/c1-9(2)13-7-12(17)8-14(10(3)4)15(13)11(5)16(18)19-6/h7-8,11H,1,3H2,2,4-6H3. The van der Waals surface area contributed by atoms with Crippen molar-refractivity contribution >= 4 is 17.1 Å². The predicted molar refractivity (Wildman–Crippen MR) is 76.2 cm³/mol. The van der Waals surface area contributed by atoms with E-state index >= 15 is 0 Å². The van der Waals surface area contributed by atoms with Gasteiger partial charge in [-0.3, -0.25) is 4.79 Å². The summed E-state index contributed by atoms with van der Waals surface area (Å²) in [6.07, 6.45) is 0. The van der Waals surface area contributed by atoms with Gasteiger partial charge in [-0.05, 0) is 49.6 Å². The van der Waals surface area contributed by atoms with Crippen LogP contribution < -0.4 is 0 Å². The zero-order valence-corrected chi connectivity index (χ0v) is 11.8. The molecule has 0 radical (unpaired) electrons. The summed E-state index contributed by atoms with van der Waals surface area (Å²) < 4.78 is 18.5. The van der Waals surface area contributed by atoms with E-state index < -0.39 is 5.92 Å². The second-order valence-corrected chi connectivity index (χ2v) is 4.72. The molecule has 1 unspecified atom stereocenters. The van der Waals surface area contributed by atoms with Crippen LogP contribution in [0.2, 0.25) is 0 Å². The first kappa shape index (κ1) is 15.2. The number of methoxy groups -OCH3 is 1. The van der Waals surface area contributed by atoms with Gasteiger partial charge in [0.2, 0.25) is 0 Å². The molecule has 0 saturated carbocycles. The molecule has 1 rings (SSSR count). The Morgan fingerprint density at radius 2 is 1.63 bits per heavy atom. The van der Waals surface area contributed by atoms with Gasteiger partial charge in [-0.25, -0.2) is 4.39 Å². The number of allylic oxidation sites excluding steroid dienone is 2. The van der Waals surface area contributed by atoms with Crippen molar-refractivity contribution in [3.8, 4) is 0 Å². The Kier molecular flexibility index (Phi) is 4.65. The fraction of sp³-hybridized carbons (Fsp3) is 0.312. The Hall–Kier alpha value is -1.90. The molecular weight excluding hydrogens is 243 g/mol. The third-order valence-corrected chi connectivity index (χ3v) is 3.05. The quantitative estimate of drug-likeness (QED) is 0.761. The molecule has 0 N–H and O–H groups in total. The number of carbonyl (C=O) groups excluding carboxylic acids is 1. The minimum atomic E-state index is -0.496. The average molecular weight is 262 g/mol. The van der Waals surface area contributed by atoms with Crippen LogP contribution in [-0.2, 0) is 9.53 Å². The van der Waals surface area contributed by atoms with Crippen LogP contribution in [0.4, 0.5) is 4.39 Å². The van der Waals surface area contributed by atoms with Crippen molar-refractivity contribution in [3.63, 3.8) is 0 Å². The van der Waals surface area contributed by atoms with Gasteiger partial charge in [-0.1, -0.05) is 24.3 Å². The van der Waals surface area contributed by atoms with Crippen molar-refractivity contribution in [1.82, 2.24) is 0 Å². The normalized spacial score (nSPS) is 11.8. The second kappa shape index (κ2) is 5.83. The number of ether oxygens (including phenoxy) is 1. The molecule has 0 aliphatic carbocycles. The molecule has 0 spiro atoms. The molecule has 0 fully saturated rings. The maximum atomic E-state index is 13.7. The summed E-state index contributed by atoms with van der Waals surface area (Å²) in [6, 6.07) is 2.78. The van der Waals surface area contributed by atoms with Gasteiger partial charge in [-0.2, -0.15) is 0 Å². The Morgan fingerprint density at radius 3 is 1.95 bits per heavy atom. The predicted octanol–water partition coefficient (Wildman–Crippen LogP) is 4.17. The maximum absolute atomic E-state index is 13.7. The van der Waals surface area contributed by atoms with Crippen molar-refractivity contribution in [3.05, 3.63) is 47.8 Å². The van der Waals surface area contributed by atoms with Crippen LogP contribution in [0.5, 0.6) is 0 Å². The van der Waals surface area contributed by atoms with Crippen LogP contribution in [0.1, 0.15) is 43.4 Å². The van der Waals surface area contributed by atoms with Crippen LogP contribution in [-0.4, -0.2) is 13.1 Å². The summed E-state index contributed by atoms with van der Waals surface area (Å²) in [7, 11) is 1.34. The van der Waals surface area contributed by atoms with E-state index in [0.717, 1.165) is 0 Å². The second-order valence-electron chi connectivity index (χ2n) is 4.72. The van der Waals surface area contributed by atoms with Crippen molar-refractivity contribution in [1.29, 1.82) is 0 Å². The Bertz CT molecular complexity index is 509. The van der Waals surface area contributed by atoms with Crippen molar-refractivity contribution in [2.45, 2.75) is 26.7 Å². The van der Waals surface area contributed by atoms with Crippen molar-refractivity contribution in [2.75, 3.05) is 7.11 Å². The van der Waals surface area contributed by atoms with E-state index in [1.807, 2.05) is 0 Å². The van der Waals surface area contributed by atoms with Gasteiger partial charge in [0.15, 0.2) is 0 Å². The van der Waals surface area contributed by atoms with E-state index in [-0.39, 0.29) is 11.8 Å². The van der Waals surface area contributed by atoms with E-state index in [4.69, 9.17) is 4.74 Å². The van der Waals surface area contributed by atoms with Gasteiger partial charge in [0.05, 0.1) is 13.0 Å². The Morgan fingerprint density at radius 1 is 1.21 bits per heavy atom. The third kappa shape index (κ3) is 3.11. The molecule has 1 aromatic rings.